The van der Waals surface area contributed by atoms with Crippen LogP contribution in [0.1, 0.15) is 17.3 Å². The number of nitrogens with zero attached hydrogens (tertiary/aromatic N) is 1. The van der Waals surface area contributed by atoms with E-state index in [9.17, 15) is 14.0 Å². The monoisotopic (exact) mass is 275 g/mol. The highest BCUT2D eigenvalue weighted by Crippen LogP contribution is 2.14. The fraction of sp³-hybridized carbons (Fsp3) is 0.214. The summed E-state index contributed by atoms with van der Waals surface area (Å²) in [5, 5.41) is 5.94. The highest BCUT2D eigenvalue weighted by molar-refractivity contribution is 5.97. The van der Waals surface area contributed by atoms with Gasteiger partial charge in [0, 0.05) is 37.7 Å². The van der Waals surface area contributed by atoms with Crippen molar-refractivity contribution in [3.05, 3.63) is 41.8 Å². The lowest BCUT2D eigenvalue weighted by Gasteiger charge is -2.06. The van der Waals surface area contributed by atoms with Crippen molar-refractivity contribution in [2.75, 3.05) is 13.1 Å². The van der Waals surface area contributed by atoms with Crippen molar-refractivity contribution in [1.29, 1.82) is 0 Å². The van der Waals surface area contributed by atoms with E-state index in [0.717, 1.165) is 0 Å². The normalized spacial score (nSPS) is 10.3. The van der Waals surface area contributed by atoms with Crippen molar-refractivity contribution in [1.82, 2.24) is 15.6 Å². The van der Waals surface area contributed by atoms with Gasteiger partial charge in [0.15, 0.2) is 0 Å². The van der Waals surface area contributed by atoms with Crippen LogP contribution in [0, 0.1) is 5.82 Å². The van der Waals surface area contributed by atoms with Crippen LogP contribution >= 0.6 is 0 Å². The number of pyridine rings is 1. The minimum atomic E-state index is -0.363. The molecule has 0 saturated carbocycles. The summed E-state index contributed by atoms with van der Waals surface area (Å²) in [4.78, 5) is 26.6. The lowest BCUT2D eigenvalue weighted by Crippen LogP contribution is -2.33. The molecular formula is C14H14FN3O2. The van der Waals surface area contributed by atoms with Gasteiger partial charge in [0.05, 0.1) is 11.1 Å². The second kappa shape index (κ2) is 6.10. The first-order chi connectivity index (χ1) is 9.56. The van der Waals surface area contributed by atoms with Gasteiger partial charge in [-0.2, -0.15) is 0 Å². The largest absolute Gasteiger partial charge is 0.355 e. The highest BCUT2D eigenvalue weighted by Gasteiger charge is 2.07. The fourth-order valence-electron chi connectivity index (χ4n) is 1.74. The highest BCUT2D eigenvalue weighted by atomic mass is 19.1. The van der Waals surface area contributed by atoms with Crippen molar-refractivity contribution in [2.24, 2.45) is 0 Å². The number of halogens is 1. The molecule has 0 aliphatic heterocycles. The maximum atomic E-state index is 13.0. The summed E-state index contributed by atoms with van der Waals surface area (Å²) in [7, 11) is 0. The lowest BCUT2D eigenvalue weighted by atomic mass is 10.1. The molecule has 0 unspecified atom stereocenters. The first kappa shape index (κ1) is 13.9. The molecule has 0 spiro atoms. The predicted octanol–water partition coefficient (Wildman–Crippen LogP) is 1.24. The third-order valence-electron chi connectivity index (χ3n) is 2.69. The van der Waals surface area contributed by atoms with Crippen LogP contribution in [0.4, 0.5) is 4.39 Å². The average Bonchev–Trinajstić information content (AvgIpc) is 2.42. The molecule has 6 heteroatoms. The maximum absolute atomic E-state index is 13.0. The van der Waals surface area contributed by atoms with Crippen LogP contribution < -0.4 is 10.6 Å². The van der Waals surface area contributed by atoms with E-state index < -0.39 is 0 Å². The van der Waals surface area contributed by atoms with Crippen molar-refractivity contribution < 1.29 is 14.0 Å². The van der Waals surface area contributed by atoms with Crippen LogP contribution in [-0.4, -0.2) is 29.9 Å². The standard InChI is InChI=1S/C14H14FN3O2/c1-9(19)16-4-5-17-14(20)11-6-10-2-3-12(15)7-13(10)18-8-11/h2-3,6-8H,4-5H2,1H3,(H,16,19)(H,17,20). The number of hydrogen-bond donors (Lipinski definition) is 2. The third kappa shape index (κ3) is 3.50. The SMILES string of the molecule is CC(=O)NCCNC(=O)c1cnc2cc(F)ccc2c1. The average molecular weight is 275 g/mol. The van der Waals surface area contributed by atoms with Crippen molar-refractivity contribution >= 4 is 22.7 Å². The number of rotatable bonds is 4. The minimum Gasteiger partial charge on any atom is -0.355 e. The van der Waals surface area contributed by atoms with Gasteiger partial charge in [0.1, 0.15) is 5.82 Å². The Hall–Kier alpha value is -2.50. The molecule has 1 aromatic carbocycles. The lowest BCUT2D eigenvalue weighted by molar-refractivity contribution is -0.118. The zero-order valence-corrected chi connectivity index (χ0v) is 10.9. The molecule has 0 fully saturated rings. The van der Waals surface area contributed by atoms with Gasteiger partial charge < -0.3 is 10.6 Å². The van der Waals surface area contributed by atoms with Gasteiger partial charge in [-0.1, -0.05) is 0 Å². The summed E-state index contributed by atoms with van der Waals surface area (Å²) in [5.74, 6) is -0.791. The third-order valence-corrected chi connectivity index (χ3v) is 2.69. The Balaban J connectivity index is 2.03. The van der Waals surface area contributed by atoms with Crippen LogP contribution in [0.2, 0.25) is 0 Å². The Bertz CT molecular complexity index is 658. The number of fused-ring (bicyclic) bond motifs is 1. The van der Waals surface area contributed by atoms with Crippen molar-refractivity contribution in [3.8, 4) is 0 Å². The van der Waals surface area contributed by atoms with E-state index in [-0.39, 0.29) is 17.6 Å². The van der Waals surface area contributed by atoms with Crippen molar-refractivity contribution in [3.63, 3.8) is 0 Å². The van der Waals surface area contributed by atoms with Gasteiger partial charge in [0.25, 0.3) is 5.91 Å². The second-order valence-electron chi connectivity index (χ2n) is 4.30. The second-order valence-corrected chi connectivity index (χ2v) is 4.30. The molecule has 2 rings (SSSR count). The van der Waals surface area contributed by atoms with Gasteiger partial charge in [-0.25, -0.2) is 4.39 Å². The number of carbonyl (C=O) groups excluding carboxylic acids is 2. The number of nitrogens with one attached hydrogen (secondary N) is 2. The first-order valence-corrected chi connectivity index (χ1v) is 6.14. The first-order valence-electron chi connectivity index (χ1n) is 6.14. The molecule has 0 aliphatic carbocycles. The summed E-state index contributed by atoms with van der Waals surface area (Å²) in [6.45, 7) is 2.11. The summed E-state index contributed by atoms with van der Waals surface area (Å²) in [5.41, 5.74) is 0.895. The Morgan fingerprint density at radius 3 is 2.70 bits per heavy atom. The van der Waals surface area contributed by atoms with Crippen LogP contribution in [0.25, 0.3) is 10.9 Å². The Kier molecular flexibility index (Phi) is 4.24. The van der Waals surface area contributed by atoms with Gasteiger partial charge in [-0.15, -0.1) is 0 Å². The molecule has 0 aliphatic rings. The molecule has 2 aromatic rings. The van der Waals surface area contributed by atoms with Crippen LogP contribution in [0.5, 0.6) is 0 Å². The van der Waals surface area contributed by atoms with E-state index in [2.05, 4.69) is 15.6 Å². The molecule has 5 nitrogen and oxygen atoms in total. The van der Waals surface area contributed by atoms with E-state index in [1.54, 1.807) is 12.1 Å². The van der Waals surface area contributed by atoms with E-state index in [1.807, 2.05) is 0 Å². The van der Waals surface area contributed by atoms with Crippen LogP contribution in [0.15, 0.2) is 30.5 Å². The number of carbonyl (C=O) groups is 2. The minimum absolute atomic E-state index is 0.145. The van der Waals surface area contributed by atoms with E-state index in [0.29, 0.717) is 29.6 Å². The molecule has 1 heterocycles. The molecule has 0 bridgehead atoms. The van der Waals surface area contributed by atoms with E-state index >= 15 is 0 Å². The molecule has 2 N–H and O–H groups in total. The Labute approximate surface area is 115 Å². The topological polar surface area (TPSA) is 71.1 Å². The zero-order chi connectivity index (χ0) is 14.5. The number of benzene rings is 1. The fourth-order valence-corrected chi connectivity index (χ4v) is 1.74. The summed E-state index contributed by atoms with van der Waals surface area (Å²) >= 11 is 0. The molecule has 0 atom stereocenters. The number of aromatic nitrogens is 1. The smallest absolute Gasteiger partial charge is 0.252 e. The van der Waals surface area contributed by atoms with E-state index in [1.165, 1.54) is 25.3 Å². The van der Waals surface area contributed by atoms with Gasteiger partial charge >= 0.3 is 0 Å². The quantitative estimate of drug-likeness (QED) is 0.825. The maximum Gasteiger partial charge on any atom is 0.252 e. The molecule has 0 saturated heterocycles. The summed E-state index contributed by atoms with van der Waals surface area (Å²) in [6, 6.07) is 5.86. The molecule has 20 heavy (non-hydrogen) atoms. The van der Waals surface area contributed by atoms with Crippen molar-refractivity contribution in [2.45, 2.75) is 6.92 Å². The number of amides is 2. The predicted molar refractivity (Wildman–Crippen MR) is 72.7 cm³/mol. The molecule has 1 aromatic heterocycles. The van der Waals surface area contributed by atoms with Gasteiger partial charge in [-0.3, -0.25) is 14.6 Å². The Morgan fingerprint density at radius 1 is 1.20 bits per heavy atom. The summed E-state index contributed by atoms with van der Waals surface area (Å²) in [6.07, 6.45) is 1.40. The molecule has 104 valence electrons. The molecule has 0 radical (unpaired) electrons. The molecular weight excluding hydrogens is 261 g/mol. The van der Waals surface area contributed by atoms with Gasteiger partial charge in [0.2, 0.25) is 5.91 Å². The van der Waals surface area contributed by atoms with Crippen LogP contribution in [0.3, 0.4) is 0 Å². The van der Waals surface area contributed by atoms with Crippen LogP contribution in [-0.2, 0) is 4.79 Å². The van der Waals surface area contributed by atoms with Gasteiger partial charge in [-0.05, 0) is 18.2 Å². The van der Waals surface area contributed by atoms with E-state index in [4.69, 9.17) is 0 Å². The Morgan fingerprint density at radius 2 is 1.95 bits per heavy atom. The zero-order valence-electron chi connectivity index (χ0n) is 10.9. The number of hydrogen-bond acceptors (Lipinski definition) is 3. The molecule has 2 amide bonds. The summed E-state index contributed by atoms with van der Waals surface area (Å²) < 4.78 is 13.0.